The average molecular weight is 246 g/mol. The fourth-order valence-electron chi connectivity index (χ4n) is 0.152. The number of hydrogen-bond donors (Lipinski definition) is 2. The molecule has 0 rings (SSSR count). The van der Waals surface area contributed by atoms with Crippen LogP contribution >= 0.6 is 31.9 Å². The molecule has 5 heteroatoms. The van der Waals surface area contributed by atoms with Gasteiger partial charge in [0.05, 0.1) is 0 Å². The van der Waals surface area contributed by atoms with E-state index >= 15 is 0 Å². The lowest BCUT2D eigenvalue weighted by atomic mass is 10.4. The number of carbonyl (C=O) groups is 1. The predicted octanol–water partition coefficient (Wildman–Crippen LogP) is -0.0851. The second-order valence-corrected chi connectivity index (χ2v) is 3.18. The SMILES string of the molecule is NC(Br)C(=O)C(N)Br. The van der Waals surface area contributed by atoms with Gasteiger partial charge in [-0.05, 0) is 0 Å². The molecule has 0 spiro atoms. The maximum absolute atomic E-state index is 10.5. The van der Waals surface area contributed by atoms with E-state index in [1.807, 2.05) is 0 Å². The second-order valence-electron chi connectivity index (χ2n) is 1.21. The predicted molar refractivity (Wildman–Crippen MR) is 38.8 cm³/mol. The van der Waals surface area contributed by atoms with E-state index < -0.39 is 9.90 Å². The zero-order chi connectivity index (χ0) is 6.73. The number of carbonyl (C=O) groups excluding carboxylic acids is 1. The first-order chi connectivity index (χ1) is 3.55. The molecule has 8 heavy (non-hydrogen) atoms. The Kier molecular flexibility index (Phi) is 3.80. The van der Waals surface area contributed by atoms with E-state index in [-0.39, 0.29) is 5.78 Å². The van der Waals surface area contributed by atoms with Crippen LogP contribution in [0.25, 0.3) is 0 Å². The van der Waals surface area contributed by atoms with E-state index in [0.29, 0.717) is 0 Å². The summed E-state index contributed by atoms with van der Waals surface area (Å²) in [5, 5.41) is 0. The summed E-state index contributed by atoms with van der Waals surface area (Å²) < 4.78 is 0. The Morgan fingerprint density at radius 2 is 1.50 bits per heavy atom. The standard InChI is InChI=1S/C3H6Br2N2O/c4-2(6)1(8)3(5)7/h2-3H,6-7H2. The van der Waals surface area contributed by atoms with Crippen LogP contribution in [0.2, 0.25) is 0 Å². The molecule has 0 amide bonds. The molecule has 0 aliphatic rings. The summed E-state index contributed by atoms with van der Waals surface area (Å²) >= 11 is 5.72. The molecule has 0 aromatic heterocycles. The van der Waals surface area contributed by atoms with Gasteiger partial charge < -0.3 is 11.5 Å². The second kappa shape index (κ2) is 3.55. The van der Waals surface area contributed by atoms with Crippen molar-refractivity contribution in [2.45, 2.75) is 9.90 Å². The van der Waals surface area contributed by atoms with Gasteiger partial charge in [0.25, 0.3) is 0 Å². The van der Waals surface area contributed by atoms with Gasteiger partial charge in [0, 0.05) is 0 Å². The Bertz CT molecular complexity index is 83.3. The van der Waals surface area contributed by atoms with Crippen molar-refractivity contribution < 1.29 is 4.79 Å². The highest BCUT2D eigenvalue weighted by Crippen LogP contribution is 1.99. The van der Waals surface area contributed by atoms with Crippen LogP contribution in [0.3, 0.4) is 0 Å². The van der Waals surface area contributed by atoms with Crippen LogP contribution < -0.4 is 11.5 Å². The van der Waals surface area contributed by atoms with Crippen molar-refractivity contribution in [3.8, 4) is 0 Å². The van der Waals surface area contributed by atoms with Crippen LogP contribution in [0, 0.1) is 0 Å². The van der Waals surface area contributed by atoms with Crippen LogP contribution in [0.5, 0.6) is 0 Å². The molecule has 3 nitrogen and oxygen atoms in total. The third-order valence-corrected chi connectivity index (χ3v) is 1.45. The molecule has 0 radical (unpaired) electrons. The van der Waals surface area contributed by atoms with E-state index in [0.717, 1.165) is 0 Å². The molecule has 0 heterocycles. The largest absolute Gasteiger partial charge is 0.313 e. The van der Waals surface area contributed by atoms with Gasteiger partial charge in [0.15, 0.2) is 5.78 Å². The third-order valence-electron chi connectivity index (χ3n) is 0.544. The van der Waals surface area contributed by atoms with E-state index in [2.05, 4.69) is 31.9 Å². The zero-order valence-electron chi connectivity index (χ0n) is 3.97. The molecule has 0 aromatic rings. The Labute approximate surface area is 64.0 Å². The average Bonchev–Trinajstić information content (AvgIpc) is 1.64. The fourth-order valence-corrected chi connectivity index (χ4v) is 1.08. The van der Waals surface area contributed by atoms with Gasteiger partial charge in [-0.15, -0.1) is 0 Å². The van der Waals surface area contributed by atoms with Crippen molar-refractivity contribution in [1.29, 1.82) is 0 Å². The molecule has 0 aromatic carbocycles. The molecule has 48 valence electrons. The molecular weight excluding hydrogens is 240 g/mol. The van der Waals surface area contributed by atoms with Gasteiger partial charge in [-0.1, -0.05) is 31.9 Å². The molecule has 0 fully saturated rings. The lowest BCUT2D eigenvalue weighted by molar-refractivity contribution is -0.117. The van der Waals surface area contributed by atoms with Crippen molar-refractivity contribution in [2.24, 2.45) is 11.5 Å². The van der Waals surface area contributed by atoms with Crippen molar-refractivity contribution >= 4 is 37.6 Å². The molecule has 0 aliphatic carbocycles. The van der Waals surface area contributed by atoms with Gasteiger partial charge in [0.2, 0.25) is 0 Å². The van der Waals surface area contributed by atoms with Crippen LogP contribution in [0.15, 0.2) is 0 Å². The minimum absolute atomic E-state index is 0.259. The molecule has 0 saturated heterocycles. The molecular formula is C3H6Br2N2O. The van der Waals surface area contributed by atoms with Crippen molar-refractivity contribution in [3.63, 3.8) is 0 Å². The van der Waals surface area contributed by atoms with Gasteiger partial charge in [-0.3, -0.25) is 4.79 Å². The Morgan fingerprint density at radius 3 is 1.50 bits per heavy atom. The normalized spacial score (nSPS) is 17.5. The van der Waals surface area contributed by atoms with Gasteiger partial charge in [-0.2, -0.15) is 0 Å². The molecule has 4 N–H and O–H groups in total. The first-order valence-electron chi connectivity index (χ1n) is 1.88. The number of Topliss-reactive ketones (excluding diaryl/α,β-unsaturated/α-hetero) is 1. The smallest absolute Gasteiger partial charge is 0.187 e. The summed E-state index contributed by atoms with van der Waals surface area (Å²) in [6.07, 6.45) is 0. The Hall–Kier alpha value is 0.550. The van der Waals surface area contributed by atoms with Gasteiger partial charge in [-0.25, -0.2) is 0 Å². The van der Waals surface area contributed by atoms with E-state index in [1.165, 1.54) is 0 Å². The van der Waals surface area contributed by atoms with Crippen LogP contribution in [-0.2, 0) is 4.79 Å². The third kappa shape index (κ3) is 2.76. The molecule has 0 aliphatic heterocycles. The first-order valence-corrected chi connectivity index (χ1v) is 3.72. The Balaban J connectivity index is 3.65. The molecule has 2 atom stereocenters. The lowest BCUT2D eigenvalue weighted by Crippen LogP contribution is -2.35. The number of halogens is 2. The van der Waals surface area contributed by atoms with E-state index in [9.17, 15) is 4.79 Å². The highest BCUT2D eigenvalue weighted by Gasteiger charge is 2.14. The number of ketones is 1. The monoisotopic (exact) mass is 244 g/mol. The highest BCUT2D eigenvalue weighted by molar-refractivity contribution is 9.10. The highest BCUT2D eigenvalue weighted by atomic mass is 79.9. The number of alkyl halides is 2. The van der Waals surface area contributed by atoms with Crippen LogP contribution in [-0.4, -0.2) is 15.7 Å². The molecule has 0 saturated carbocycles. The molecule has 0 bridgehead atoms. The summed E-state index contributed by atoms with van der Waals surface area (Å²) in [7, 11) is 0. The van der Waals surface area contributed by atoms with Gasteiger partial charge in [0.1, 0.15) is 9.90 Å². The first kappa shape index (κ1) is 8.55. The van der Waals surface area contributed by atoms with E-state index in [1.54, 1.807) is 0 Å². The van der Waals surface area contributed by atoms with Crippen molar-refractivity contribution in [3.05, 3.63) is 0 Å². The zero-order valence-corrected chi connectivity index (χ0v) is 7.15. The van der Waals surface area contributed by atoms with Crippen LogP contribution in [0.1, 0.15) is 0 Å². The van der Waals surface area contributed by atoms with Crippen LogP contribution in [0.4, 0.5) is 0 Å². The maximum atomic E-state index is 10.5. The number of nitrogens with two attached hydrogens (primary N) is 2. The van der Waals surface area contributed by atoms with Gasteiger partial charge >= 0.3 is 0 Å². The van der Waals surface area contributed by atoms with E-state index in [4.69, 9.17) is 11.5 Å². The fraction of sp³-hybridized carbons (Fsp3) is 0.667. The summed E-state index contributed by atoms with van der Waals surface area (Å²) in [5.74, 6) is -0.259. The van der Waals surface area contributed by atoms with Crippen molar-refractivity contribution in [2.75, 3.05) is 0 Å². The Morgan fingerprint density at radius 1 is 1.25 bits per heavy atom. The summed E-state index contributed by atoms with van der Waals surface area (Å²) in [5.41, 5.74) is 10.2. The topological polar surface area (TPSA) is 69.1 Å². The minimum atomic E-state index is -0.656. The lowest BCUT2D eigenvalue weighted by Gasteiger charge is -2.02. The minimum Gasteiger partial charge on any atom is -0.313 e. The number of hydrogen-bond acceptors (Lipinski definition) is 3. The summed E-state index contributed by atoms with van der Waals surface area (Å²) in [4.78, 5) is 9.19. The summed E-state index contributed by atoms with van der Waals surface area (Å²) in [6, 6.07) is 0. The molecule has 2 unspecified atom stereocenters. The van der Waals surface area contributed by atoms with Crippen molar-refractivity contribution in [1.82, 2.24) is 0 Å². The summed E-state index contributed by atoms with van der Waals surface area (Å²) in [6.45, 7) is 0. The maximum Gasteiger partial charge on any atom is 0.187 e. The number of rotatable bonds is 2. The quantitative estimate of drug-likeness (QED) is 0.528.